The maximum Gasteiger partial charge on any atom is 0.416 e. The van der Waals surface area contributed by atoms with Crippen LogP contribution in [0.5, 0.6) is 0 Å². The van der Waals surface area contributed by atoms with E-state index in [2.05, 4.69) is 9.47 Å². The third kappa shape index (κ3) is 5.34. The van der Waals surface area contributed by atoms with Crippen molar-refractivity contribution in [2.24, 2.45) is 0 Å². The molecule has 0 aromatic heterocycles. The summed E-state index contributed by atoms with van der Waals surface area (Å²) in [4.78, 5) is 0. The molecule has 0 radical (unpaired) electrons. The van der Waals surface area contributed by atoms with Crippen LogP contribution in [0.1, 0.15) is 0 Å². The van der Waals surface area contributed by atoms with Crippen molar-refractivity contribution in [2.75, 3.05) is 26.9 Å². The number of hydrogen-bond donors (Lipinski definition) is 1. The van der Waals surface area contributed by atoms with Crippen molar-refractivity contribution in [2.45, 2.75) is 12.3 Å². The Labute approximate surface area is 68.1 Å². The number of rotatable bonds is 5. The third-order valence-corrected chi connectivity index (χ3v) is 1.09. The van der Waals surface area contributed by atoms with Crippen molar-refractivity contribution >= 4 is 0 Å². The molecule has 0 aromatic rings. The Hall–Kier alpha value is -0.330. The number of aliphatic hydroxyl groups excluding tert-OH is 1. The van der Waals surface area contributed by atoms with Crippen LogP contribution in [0.25, 0.3) is 0 Å². The lowest BCUT2D eigenvalue weighted by Crippen LogP contribution is -2.33. The molecule has 0 fully saturated rings. The van der Waals surface area contributed by atoms with E-state index in [-0.39, 0.29) is 13.2 Å². The summed E-state index contributed by atoms with van der Waals surface area (Å²) in [6, 6.07) is 0. The molecule has 6 heteroatoms. The molecule has 0 aliphatic heterocycles. The van der Waals surface area contributed by atoms with Crippen molar-refractivity contribution in [3.8, 4) is 0 Å². The van der Waals surface area contributed by atoms with E-state index in [0.29, 0.717) is 0 Å². The zero-order valence-electron chi connectivity index (χ0n) is 6.60. The smallest absolute Gasteiger partial charge is 0.382 e. The lowest BCUT2D eigenvalue weighted by molar-refractivity contribution is -0.217. The second kappa shape index (κ2) is 5.34. The van der Waals surface area contributed by atoms with Gasteiger partial charge in [0.05, 0.1) is 19.8 Å². The van der Waals surface area contributed by atoms with Crippen LogP contribution in [0.4, 0.5) is 13.2 Å². The van der Waals surface area contributed by atoms with E-state index in [0.717, 1.165) is 0 Å². The standard InChI is InChI=1S/C6H11F3O3/c1-11-2-3-12-4-5(10)6(7,8)9/h5,10H,2-4H2,1H3. The fourth-order valence-corrected chi connectivity index (χ4v) is 0.432. The van der Waals surface area contributed by atoms with E-state index in [1.54, 1.807) is 0 Å². The van der Waals surface area contributed by atoms with Crippen LogP contribution in [0.15, 0.2) is 0 Å². The van der Waals surface area contributed by atoms with Gasteiger partial charge in [-0.05, 0) is 0 Å². The second-order valence-corrected chi connectivity index (χ2v) is 2.13. The average Bonchev–Trinajstić information content (AvgIpc) is 1.96. The highest BCUT2D eigenvalue weighted by atomic mass is 19.4. The molecule has 0 aromatic carbocycles. The number of aliphatic hydroxyl groups is 1. The molecule has 0 heterocycles. The molecule has 74 valence electrons. The predicted molar refractivity (Wildman–Crippen MR) is 34.8 cm³/mol. The summed E-state index contributed by atoms with van der Waals surface area (Å²) in [5.41, 5.74) is 0. The lowest BCUT2D eigenvalue weighted by atomic mass is 10.4. The molecule has 0 spiro atoms. The van der Waals surface area contributed by atoms with Gasteiger partial charge in [0.2, 0.25) is 0 Å². The van der Waals surface area contributed by atoms with Crippen molar-refractivity contribution < 1.29 is 27.8 Å². The van der Waals surface area contributed by atoms with Gasteiger partial charge in [-0.1, -0.05) is 0 Å². The van der Waals surface area contributed by atoms with Gasteiger partial charge in [0.1, 0.15) is 0 Å². The lowest BCUT2D eigenvalue weighted by Gasteiger charge is -2.13. The Morgan fingerprint density at radius 3 is 2.33 bits per heavy atom. The maximum atomic E-state index is 11.6. The molecule has 0 bridgehead atoms. The normalized spacial score (nSPS) is 14.8. The van der Waals surface area contributed by atoms with Crippen LogP contribution in [-0.4, -0.2) is 44.3 Å². The van der Waals surface area contributed by atoms with Gasteiger partial charge in [0.25, 0.3) is 0 Å². The van der Waals surface area contributed by atoms with Crippen LogP contribution in [0, 0.1) is 0 Å². The van der Waals surface area contributed by atoms with Gasteiger partial charge < -0.3 is 14.6 Å². The quantitative estimate of drug-likeness (QED) is 0.641. The highest BCUT2D eigenvalue weighted by Gasteiger charge is 2.38. The van der Waals surface area contributed by atoms with Crippen molar-refractivity contribution in [1.82, 2.24) is 0 Å². The van der Waals surface area contributed by atoms with E-state index in [4.69, 9.17) is 5.11 Å². The molecular weight excluding hydrogens is 177 g/mol. The van der Waals surface area contributed by atoms with Crippen molar-refractivity contribution in [3.63, 3.8) is 0 Å². The van der Waals surface area contributed by atoms with Crippen molar-refractivity contribution in [3.05, 3.63) is 0 Å². The SMILES string of the molecule is COCCOCC(O)C(F)(F)F. The van der Waals surface area contributed by atoms with E-state index in [1.807, 2.05) is 0 Å². The summed E-state index contributed by atoms with van der Waals surface area (Å²) in [6.07, 6.45) is -7.01. The van der Waals surface area contributed by atoms with Crippen LogP contribution in [-0.2, 0) is 9.47 Å². The zero-order chi connectivity index (χ0) is 9.61. The summed E-state index contributed by atoms with van der Waals surface area (Å²) in [6.45, 7) is -0.485. The highest BCUT2D eigenvalue weighted by molar-refractivity contribution is 4.63. The largest absolute Gasteiger partial charge is 0.416 e. The van der Waals surface area contributed by atoms with E-state index in [9.17, 15) is 13.2 Å². The minimum atomic E-state index is -4.60. The summed E-state index contributed by atoms with van der Waals surface area (Å²) in [7, 11) is 1.41. The molecule has 0 saturated heterocycles. The molecule has 3 nitrogen and oxygen atoms in total. The summed E-state index contributed by atoms with van der Waals surface area (Å²) < 4.78 is 43.8. The molecule has 1 atom stereocenters. The molecule has 0 aliphatic carbocycles. The Bertz CT molecular complexity index is 115. The number of ether oxygens (including phenoxy) is 2. The van der Waals surface area contributed by atoms with Crippen LogP contribution >= 0.6 is 0 Å². The van der Waals surface area contributed by atoms with Crippen molar-refractivity contribution in [1.29, 1.82) is 0 Å². The Morgan fingerprint density at radius 1 is 1.33 bits per heavy atom. The van der Waals surface area contributed by atoms with Gasteiger partial charge in [-0.15, -0.1) is 0 Å². The van der Waals surface area contributed by atoms with E-state index < -0.39 is 18.9 Å². The molecule has 1 unspecified atom stereocenters. The molecule has 0 saturated carbocycles. The van der Waals surface area contributed by atoms with Crippen LogP contribution < -0.4 is 0 Å². The van der Waals surface area contributed by atoms with Gasteiger partial charge in [0, 0.05) is 7.11 Å². The zero-order valence-corrected chi connectivity index (χ0v) is 6.60. The molecule has 12 heavy (non-hydrogen) atoms. The van der Waals surface area contributed by atoms with Gasteiger partial charge >= 0.3 is 6.18 Å². The Balaban J connectivity index is 3.38. The number of methoxy groups -OCH3 is 1. The van der Waals surface area contributed by atoms with E-state index in [1.165, 1.54) is 7.11 Å². The molecule has 0 rings (SSSR count). The Morgan fingerprint density at radius 2 is 1.92 bits per heavy atom. The summed E-state index contributed by atoms with van der Waals surface area (Å²) >= 11 is 0. The fourth-order valence-electron chi connectivity index (χ4n) is 0.432. The first-order chi connectivity index (χ1) is 5.48. The first-order valence-corrected chi connectivity index (χ1v) is 3.30. The monoisotopic (exact) mass is 188 g/mol. The number of alkyl halides is 3. The third-order valence-electron chi connectivity index (χ3n) is 1.09. The number of halogens is 3. The second-order valence-electron chi connectivity index (χ2n) is 2.13. The fraction of sp³-hybridized carbons (Fsp3) is 1.00. The molecular formula is C6H11F3O3. The minimum Gasteiger partial charge on any atom is -0.382 e. The minimum absolute atomic E-state index is 0.0453. The number of hydrogen-bond acceptors (Lipinski definition) is 3. The van der Waals surface area contributed by atoms with E-state index >= 15 is 0 Å². The Kier molecular flexibility index (Phi) is 5.19. The highest BCUT2D eigenvalue weighted by Crippen LogP contribution is 2.19. The molecule has 0 amide bonds. The van der Waals surface area contributed by atoms with Crippen LogP contribution in [0.2, 0.25) is 0 Å². The maximum absolute atomic E-state index is 11.6. The molecule has 0 aliphatic rings. The van der Waals surface area contributed by atoms with Gasteiger partial charge in [-0.25, -0.2) is 0 Å². The average molecular weight is 188 g/mol. The predicted octanol–water partition coefficient (Wildman–Crippen LogP) is 0.573. The molecule has 1 N–H and O–H groups in total. The van der Waals surface area contributed by atoms with Gasteiger partial charge in [0.15, 0.2) is 6.10 Å². The van der Waals surface area contributed by atoms with Crippen LogP contribution in [0.3, 0.4) is 0 Å². The first-order valence-electron chi connectivity index (χ1n) is 3.30. The van der Waals surface area contributed by atoms with Gasteiger partial charge in [-0.3, -0.25) is 0 Å². The summed E-state index contributed by atoms with van der Waals surface area (Å²) in [5.74, 6) is 0. The van der Waals surface area contributed by atoms with Gasteiger partial charge in [-0.2, -0.15) is 13.2 Å². The summed E-state index contributed by atoms with van der Waals surface area (Å²) in [5, 5.41) is 8.39. The first kappa shape index (κ1) is 11.7. The topological polar surface area (TPSA) is 38.7 Å².